The van der Waals surface area contributed by atoms with E-state index in [0.29, 0.717) is 31.3 Å². The maximum absolute atomic E-state index is 12.0. The summed E-state index contributed by atoms with van der Waals surface area (Å²) in [6.07, 6.45) is 0.667. The summed E-state index contributed by atoms with van der Waals surface area (Å²) >= 11 is 0. The van der Waals surface area contributed by atoms with Crippen LogP contribution in [-0.2, 0) is 13.6 Å². The fourth-order valence-corrected chi connectivity index (χ4v) is 4.20. The summed E-state index contributed by atoms with van der Waals surface area (Å²) in [5.41, 5.74) is 0. The van der Waals surface area contributed by atoms with Crippen molar-refractivity contribution in [3.05, 3.63) is 0 Å². The molecule has 1 fully saturated rings. The molecule has 1 aliphatic rings. The van der Waals surface area contributed by atoms with Gasteiger partial charge in [-0.2, -0.15) is 0 Å². The maximum atomic E-state index is 12.0. The Kier molecular flexibility index (Phi) is 6.17. The molecule has 0 saturated heterocycles. The molecule has 0 amide bonds. The predicted molar refractivity (Wildman–Crippen MR) is 103 cm³/mol. The predicted octanol–water partition coefficient (Wildman–Crippen LogP) is 5.24. The van der Waals surface area contributed by atoms with Crippen LogP contribution in [0, 0.1) is 11.8 Å². The van der Waals surface area contributed by atoms with Crippen molar-refractivity contribution in [1.82, 2.24) is 0 Å². The largest absolute Gasteiger partial charge is 0.417 e. The Balaban J connectivity index is 2.56. The Hall–Kier alpha value is 0.0238. The van der Waals surface area contributed by atoms with Gasteiger partial charge in [-0.15, -0.1) is 0 Å². The highest BCUT2D eigenvalue weighted by molar-refractivity contribution is 6.74. The molecule has 2 unspecified atom stereocenters. The van der Waals surface area contributed by atoms with E-state index in [4.69, 9.17) is 8.85 Å². The van der Waals surface area contributed by atoms with Crippen LogP contribution < -0.4 is 0 Å². The maximum Gasteiger partial charge on any atom is 0.192 e. The second-order valence-corrected chi connectivity index (χ2v) is 19.8. The Morgan fingerprint density at radius 2 is 1.26 bits per heavy atom. The Labute approximate surface area is 145 Å². The lowest BCUT2D eigenvalue weighted by Gasteiger charge is -2.43. The molecular formula is C18H38O3Si2. The molecule has 0 aromatic carbocycles. The van der Waals surface area contributed by atoms with Crippen molar-refractivity contribution >= 4 is 22.4 Å². The summed E-state index contributed by atoms with van der Waals surface area (Å²) in [6.45, 7) is 23.8. The number of hydrogen-bond acceptors (Lipinski definition) is 3. The summed E-state index contributed by atoms with van der Waals surface area (Å²) in [5.74, 6) is 0.753. The number of rotatable bonds is 6. The molecular weight excluding hydrogens is 320 g/mol. The van der Waals surface area contributed by atoms with Crippen LogP contribution in [0.15, 0.2) is 0 Å². The Morgan fingerprint density at radius 3 is 1.61 bits per heavy atom. The third-order valence-corrected chi connectivity index (χ3v) is 15.3. The van der Waals surface area contributed by atoms with Crippen molar-refractivity contribution in [2.75, 3.05) is 13.2 Å². The summed E-state index contributed by atoms with van der Waals surface area (Å²) in [5, 5.41) is 0.404. The molecule has 3 nitrogen and oxygen atoms in total. The van der Waals surface area contributed by atoms with E-state index in [-0.39, 0.29) is 16.0 Å². The highest BCUT2D eigenvalue weighted by Crippen LogP contribution is 2.41. The van der Waals surface area contributed by atoms with Crippen LogP contribution in [0.2, 0.25) is 36.3 Å². The third kappa shape index (κ3) is 5.00. The molecule has 1 rings (SSSR count). The first kappa shape index (κ1) is 21.1. The van der Waals surface area contributed by atoms with Crippen molar-refractivity contribution in [2.24, 2.45) is 11.8 Å². The van der Waals surface area contributed by atoms with Gasteiger partial charge in [-0.1, -0.05) is 41.5 Å². The fourth-order valence-electron chi connectivity index (χ4n) is 2.11. The Morgan fingerprint density at radius 1 is 0.870 bits per heavy atom. The average Bonchev–Trinajstić information content (AvgIpc) is 2.31. The van der Waals surface area contributed by atoms with Gasteiger partial charge in [0.25, 0.3) is 0 Å². The van der Waals surface area contributed by atoms with Gasteiger partial charge in [0.2, 0.25) is 0 Å². The van der Waals surface area contributed by atoms with Crippen LogP contribution in [0.4, 0.5) is 0 Å². The lowest BCUT2D eigenvalue weighted by molar-refractivity contribution is -0.137. The first-order valence-electron chi connectivity index (χ1n) is 8.89. The van der Waals surface area contributed by atoms with Crippen LogP contribution in [-0.4, -0.2) is 35.6 Å². The van der Waals surface area contributed by atoms with Crippen molar-refractivity contribution in [3.63, 3.8) is 0 Å². The molecule has 0 heterocycles. The van der Waals surface area contributed by atoms with Gasteiger partial charge in [0.05, 0.1) is 0 Å². The van der Waals surface area contributed by atoms with Crippen molar-refractivity contribution in [3.8, 4) is 0 Å². The van der Waals surface area contributed by atoms with Gasteiger partial charge in [-0.05, 0) is 42.2 Å². The summed E-state index contributed by atoms with van der Waals surface area (Å²) in [4.78, 5) is 12.0. The topological polar surface area (TPSA) is 35.5 Å². The third-order valence-electron chi connectivity index (χ3n) is 6.34. The van der Waals surface area contributed by atoms with Crippen molar-refractivity contribution in [2.45, 2.75) is 84.2 Å². The van der Waals surface area contributed by atoms with E-state index >= 15 is 0 Å². The van der Waals surface area contributed by atoms with E-state index in [2.05, 4.69) is 67.7 Å². The lowest BCUT2D eigenvalue weighted by atomic mass is 9.73. The van der Waals surface area contributed by atoms with E-state index in [1.54, 1.807) is 0 Å². The second kappa shape index (κ2) is 6.73. The van der Waals surface area contributed by atoms with E-state index in [9.17, 15) is 4.79 Å². The molecule has 0 radical (unpaired) electrons. The summed E-state index contributed by atoms with van der Waals surface area (Å²) in [6, 6.07) is 0. The van der Waals surface area contributed by atoms with Gasteiger partial charge in [0.1, 0.15) is 5.78 Å². The van der Waals surface area contributed by atoms with E-state index < -0.39 is 16.6 Å². The average molecular weight is 359 g/mol. The number of carbonyl (C=O) groups is 1. The molecule has 2 atom stereocenters. The van der Waals surface area contributed by atoms with E-state index in [1.807, 2.05) is 0 Å². The van der Waals surface area contributed by atoms with Crippen LogP contribution in [0.5, 0.6) is 0 Å². The van der Waals surface area contributed by atoms with Crippen molar-refractivity contribution < 1.29 is 13.6 Å². The summed E-state index contributed by atoms with van der Waals surface area (Å²) in [7, 11) is -3.52. The number of Topliss-reactive ketones (excluding diaryl/α,β-unsaturated/α-hetero) is 1. The second-order valence-electron chi connectivity index (χ2n) is 10.2. The molecule has 136 valence electrons. The number of carbonyl (C=O) groups excluding carboxylic acids is 1. The van der Waals surface area contributed by atoms with Crippen LogP contribution in [0.1, 0.15) is 48.0 Å². The van der Waals surface area contributed by atoms with Gasteiger partial charge in [-0.25, -0.2) is 0 Å². The van der Waals surface area contributed by atoms with Gasteiger partial charge in [0.15, 0.2) is 16.6 Å². The number of hydrogen-bond donors (Lipinski definition) is 0. The smallest absolute Gasteiger partial charge is 0.192 e. The zero-order valence-corrected chi connectivity index (χ0v) is 19.0. The van der Waals surface area contributed by atoms with Crippen LogP contribution in [0.3, 0.4) is 0 Å². The highest BCUT2D eigenvalue weighted by atomic mass is 28.4. The molecule has 0 aromatic heterocycles. The van der Waals surface area contributed by atoms with Crippen LogP contribution >= 0.6 is 0 Å². The first-order chi connectivity index (χ1) is 10.1. The molecule has 0 aromatic rings. The quantitative estimate of drug-likeness (QED) is 0.609. The monoisotopic (exact) mass is 358 g/mol. The standard InChI is InChI=1S/C18H38O3Si2/c1-17(2,3)22(7,8)20-12-14-11-16(19)15(14)13-21-23(9,10)18(4,5)6/h14-15H,11-13H2,1-10H3. The van der Waals surface area contributed by atoms with Crippen molar-refractivity contribution in [1.29, 1.82) is 0 Å². The molecule has 0 spiro atoms. The fraction of sp³-hybridized carbons (Fsp3) is 0.944. The molecule has 23 heavy (non-hydrogen) atoms. The zero-order chi connectivity index (χ0) is 18.3. The molecule has 0 aliphatic heterocycles. The summed E-state index contributed by atoms with van der Waals surface area (Å²) < 4.78 is 12.6. The normalized spacial score (nSPS) is 23.8. The molecule has 0 bridgehead atoms. The molecule has 1 saturated carbocycles. The molecule has 1 aliphatic carbocycles. The lowest BCUT2D eigenvalue weighted by Crippen LogP contribution is -2.50. The molecule has 0 N–H and O–H groups in total. The van der Waals surface area contributed by atoms with Gasteiger partial charge >= 0.3 is 0 Å². The van der Waals surface area contributed by atoms with Gasteiger partial charge in [-0.3, -0.25) is 4.79 Å². The van der Waals surface area contributed by atoms with Crippen LogP contribution in [0.25, 0.3) is 0 Å². The zero-order valence-electron chi connectivity index (χ0n) is 17.0. The van der Waals surface area contributed by atoms with Gasteiger partial charge in [0, 0.05) is 25.6 Å². The van der Waals surface area contributed by atoms with Gasteiger partial charge < -0.3 is 8.85 Å². The first-order valence-corrected chi connectivity index (χ1v) is 14.7. The number of ketones is 1. The minimum Gasteiger partial charge on any atom is -0.417 e. The minimum atomic E-state index is -1.78. The van der Waals surface area contributed by atoms with E-state index in [0.717, 1.165) is 0 Å². The highest BCUT2D eigenvalue weighted by Gasteiger charge is 2.45. The minimum absolute atomic E-state index is 0.0499. The van der Waals surface area contributed by atoms with E-state index in [1.165, 1.54) is 0 Å². The molecule has 5 heteroatoms. The Bertz CT molecular complexity index is 431. The SMILES string of the molecule is CC(C)(C)[Si](C)(C)OCC1CC(=O)C1CO[Si](C)(C)C(C)(C)C.